The van der Waals surface area contributed by atoms with Crippen molar-refractivity contribution in [3.8, 4) is 16.3 Å². The highest BCUT2D eigenvalue weighted by Crippen LogP contribution is 2.38. The number of morpholine rings is 1. The van der Waals surface area contributed by atoms with E-state index >= 15 is 0 Å². The zero-order chi connectivity index (χ0) is 26.2. The molecule has 5 heterocycles. The van der Waals surface area contributed by atoms with Gasteiger partial charge in [0.05, 0.1) is 24.3 Å². The maximum absolute atomic E-state index is 14.1. The zero-order valence-electron chi connectivity index (χ0n) is 19.8. The van der Waals surface area contributed by atoms with Crippen molar-refractivity contribution in [3.05, 3.63) is 62.3 Å². The molecule has 0 spiro atoms. The van der Waals surface area contributed by atoms with Crippen LogP contribution in [0.15, 0.2) is 23.1 Å². The van der Waals surface area contributed by atoms with Gasteiger partial charge in [0.2, 0.25) is 5.43 Å². The average molecular weight is 534 g/mol. The van der Waals surface area contributed by atoms with Gasteiger partial charge in [-0.2, -0.15) is 0 Å². The van der Waals surface area contributed by atoms with Gasteiger partial charge in [0.25, 0.3) is 5.91 Å². The molecule has 1 amide bonds. The van der Waals surface area contributed by atoms with Crippen molar-refractivity contribution < 1.29 is 27.8 Å². The minimum absolute atomic E-state index is 0.00608. The second-order valence-electron chi connectivity index (χ2n) is 9.66. The van der Waals surface area contributed by atoms with Crippen LogP contribution in [0.2, 0.25) is 0 Å². The van der Waals surface area contributed by atoms with Crippen LogP contribution >= 0.6 is 11.3 Å². The van der Waals surface area contributed by atoms with E-state index in [0.29, 0.717) is 18.7 Å². The minimum Gasteiger partial charge on any atom is -0.502 e. The molecule has 6 rings (SSSR count). The van der Waals surface area contributed by atoms with E-state index in [1.807, 2.05) is 18.9 Å². The molecule has 2 bridgehead atoms. The van der Waals surface area contributed by atoms with Gasteiger partial charge in [0, 0.05) is 36.4 Å². The quantitative estimate of drug-likeness (QED) is 0.551. The monoisotopic (exact) mass is 533 g/mol. The summed E-state index contributed by atoms with van der Waals surface area (Å²) in [5.74, 6) is -4.33. The Hall–Kier alpha value is -3.45. The molecule has 0 radical (unpaired) electrons. The second kappa shape index (κ2) is 8.55. The van der Waals surface area contributed by atoms with Crippen molar-refractivity contribution in [2.75, 3.05) is 11.6 Å². The van der Waals surface area contributed by atoms with Crippen LogP contribution in [0.1, 0.15) is 47.7 Å². The summed E-state index contributed by atoms with van der Waals surface area (Å²) in [6.07, 6.45) is 2.10. The molecule has 13 heteroatoms. The van der Waals surface area contributed by atoms with Crippen LogP contribution in [0.3, 0.4) is 0 Å². The molecule has 194 valence electrons. The molecular formula is C24H22F3N5O4S. The number of hydrogen-bond acceptors (Lipinski definition) is 8. The standard InChI is InChI=1S/C24H22F3N5O4S/c1-10(2)32-23-17-4-3-12(36-17)8-31(23)30-9-14(20(33)21(34)19(30)24(32)35)22-29-28-18(37-22)7-13-15(26)5-11(25)6-16(13)27/h5-6,9-10,12,17,23,34H,3-4,7-8H2,1-2H3/t12-,17+,23?/m1/s1. The third-order valence-corrected chi connectivity index (χ3v) is 7.98. The summed E-state index contributed by atoms with van der Waals surface area (Å²) in [7, 11) is 0. The van der Waals surface area contributed by atoms with E-state index in [2.05, 4.69) is 10.2 Å². The van der Waals surface area contributed by atoms with Gasteiger partial charge in [-0.1, -0.05) is 11.3 Å². The number of nitrogens with zero attached hydrogens (tertiary/aromatic N) is 5. The molecule has 0 saturated carbocycles. The Kier molecular flexibility index (Phi) is 5.53. The number of carbonyl (C=O) groups is 1. The molecule has 1 aromatic carbocycles. The van der Waals surface area contributed by atoms with Crippen molar-refractivity contribution in [1.82, 2.24) is 19.8 Å². The van der Waals surface area contributed by atoms with Gasteiger partial charge in [0.15, 0.2) is 16.5 Å². The van der Waals surface area contributed by atoms with Gasteiger partial charge < -0.3 is 14.7 Å². The summed E-state index contributed by atoms with van der Waals surface area (Å²) in [6.45, 7) is 4.19. The number of benzene rings is 1. The predicted octanol–water partition coefficient (Wildman–Crippen LogP) is 2.77. The molecule has 3 aliphatic heterocycles. The zero-order valence-corrected chi connectivity index (χ0v) is 20.6. The number of ether oxygens (including phenoxy) is 1. The van der Waals surface area contributed by atoms with Crippen LogP contribution in [-0.2, 0) is 11.2 Å². The molecule has 2 fully saturated rings. The number of rotatable bonds is 4. The number of halogens is 3. The lowest BCUT2D eigenvalue weighted by molar-refractivity contribution is -0.0599. The third kappa shape index (κ3) is 3.71. The Morgan fingerprint density at radius 2 is 1.89 bits per heavy atom. The Labute approximate surface area is 212 Å². The topological polar surface area (TPSA) is 101 Å². The SMILES string of the molecule is CC(C)N1C(=O)c2c(O)c(=O)c(-c3nnc(Cc4c(F)cc(F)cc4F)s3)cn2N2C[C@H]3CC[C@H](O3)C12. The highest BCUT2D eigenvalue weighted by molar-refractivity contribution is 7.14. The molecule has 3 aromatic rings. The molecule has 2 saturated heterocycles. The van der Waals surface area contributed by atoms with Gasteiger partial charge in [-0.3, -0.25) is 19.3 Å². The van der Waals surface area contributed by atoms with Gasteiger partial charge in [-0.05, 0) is 26.7 Å². The highest BCUT2D eigenvalue weighted by Gasteiger charge is 2.51. The smallest absolute Gasteiger partial charge is 0.278 e. The number of aromatic hydroxyl groups is 1. The fourth-order valence-corrected chi connectivity index (χ4v) is 6.24. The molecule has 37 heavy (non-hydrogen) atoms. The van der Waals surface area contributed by atoms with Crippen molar-refractivity contribution in [3.63, 3.8) is 0 Å². The first-order chi connectivity index (χ1) is 17.6. The normalized spacial score (nSPS) is 22.5. The fraction of sp³-hybridized carbons (Fsp3) is 0.417. The van der Waals surface area contributed by atoms with Gasteiger partial charge in [-0.25, -0.2) is 13.2 Å². The summed E-state index contributed by atoms with van der Waals surface area (Å²) in [4.78, 5) is 28.3. The molecule has 3 atom stereocenters. The van der Waals surface area contributed by atoms with Crippen LogP contribution in [0.4, 0.5) is 13.2 Å². The van der Waals surface area contributed by atoms with Crippen LogP contribution in [0.25, 0.3) is 10.6 Å². The number of pyridine rings is 1. The van der Waals surface area contributed by atoms with Gasteiger partial charge in [-0.15, -0.1) is 10.2 Å². The number of fused-ring (bicyclic) bond motifs is 6. The Morgan fingerprint density at radius 3 is 2.59 bits per heavy atom. The largest absolute Gasteiger partial charge is 0.502 e. The van der Waals surface area contributed by atoms with E-state index in [4.69, 9.17) is 4.74 Å². The highest BCUT2D eigenvalue weighted by atomic mass is 32.1. The Balaban J connectivity index is 1.43. The second-order valence-corrected chi connectivity index (χ2v) is 10.7. The van der Waals surface area contributed by atoms with E-state index in [9.17, 15) is 27.9 Å². The number of amides is 1. The Bertz CT molecular complexity index is 1470. The van der Waals surface area contributed by atoms with Gasteiger partial charge in [0.1, 0.15) is 28.6 Å². The Morgan fingerprint density at radius 1 is 1.16 bits per heavy atom. The maximum atomic E-state index is 14.1. The number of hydrogen-bond donors (Lipinski definition) is 1. The number of carbonyl (C=O) groups excluding carboxylic acids is 1. The van der Waals surface area contributed by atoms with Crippen LogP contribution < -0.4 is 10.4 Å². The third-order valence-electron chi connectivity index (χ3n) is 7.02. The lowest BCUT2D eigenvalue weighted by Crippen LogP contribution is -2.69. The first kappa shape index (κ1) is 23.9. The van der Waals surface area contributed by atoms with Crippen molar-refractivity contribution >= 4 is 17.2 Å². The van der Waals surface area contributed by atoms with Crippen molar-refractivity contribution in [1.29, 1.82) is 0 Å². The molecule has 0 aliphatic carbocycles. The number of aromatic nitrogens is 3. The summed E-state index contributed by atoms with van der Waals surface area (Å²) in [5.41, 5.74) is -1.33. The predicted molar refractivity (Wildman–Crippen MR) is 126 cm³/mol. The molecule has 1 N–H and O–H groups in total. The van der Waals surface area contributed by atoms with Crippen LogP contribution in [0, 0.1) is 17.5 Å². The summed E-state index contributed by atoms with van der Waals surface area (Å²) in [6, 6.07) is 0.955. The van der Waals surface area contributed by atoms with E-state index in [1.165, 1.54) is 10.9 Å². The summed E-state index contributed by atoms with van der Waals surface area (Å²) in [5, 5.41) is 21.1. The van der Waals surface area contributed by atoms with E-state index in [1.54, 1.807) is 4.90 Å². The van der Waals surface area contributed by atoms with Crippen LogP contribution in [-0.4, -0.2) is 61.7 Å². The average Bonchev–Trinajstić information content (AvgIpc) is 3.45. The van der Waals surface area contributed by atoms with E-state index < -0.39 is 40.7 Å². The van der Waals surface area contributed by atoms with E-state index in [0.717, 1.165) is 24.2 Å². The molecule has 2 aromatic heterocycles. The summed E-state index contributed by atoms with van der Waals surface area (Å²) < 4.78 is 49.1. The molecule has 9 nitrogen and oxygen atoms in total. The van der Waals surface area contributed by atoms with Crippen molar-refractivity contribution in [2.45, 2.75) is 57.5 Å². The van der Waals surface area contributed by atoms with E-state index in [-0.39, 0.29) is 51.5 Å². The minimum atomic E-state index is -1.05. The lowest BCUT2D eigenvalue weighted by Gasteiger charge is -2.52. The fourth-order valence-electron chi connectivity index (χ4n) is 5.39. The van der Waals surface area contributed by atoms with Crippen LogP contribution in [0.5, 0.6) is 5.75 Å². The van der Waals surface area contributed by atoms with Crippen molar-refractivity contribution in [2.24, 2.45) is 0 Å². The maximum Gasteiger partial charge on any atom is 0.278 e. The first-order valence-corrected chi connectivity index (χ1v) is 12.7. The first-order valence-electron chi connectivity index (χ1n) is 11.8. The van der Waals surface area contributed by atoms with Gasteiger partial charge >= 0.3 is 0 Å². The molecular weight excluding hydrogens is 511 g/mol. The lowest BCUT2D eigenvalue weighted by atomic mass is 10.1. The summed E-state index contributed by atoms with van der Waals surface area (Å²) >= 11 is 0.913. The molecule has 1 unspecified atom stereocenters. The molecule has 3 aliphatic rings.